The van der Waals surface area contributed by atoms with Crippen LogP contribution in [0.3, 0.4) is 0 Å². The van der Waals surface area contributed by atoms with Crippen LogP contribution in [0.15, 0.2) is 29.2 Å². The maximum absolute atomic E-state index is 11.7. The molecule has 5 heteroatoms. The third kappa shape index (κ3) is 3.59. The molecule has 0 aromatic heterocycles. The van der Waals surface area contributed by atoms with Gasteiger partial charge in [-0.05, 0) is 32.4 Å². The van der Waals surface area contributed by atoms with Gasteiger partial charge in [-0.3, -0.25) is 4.18 Å². The number of aliphatic hydroxyl groups excluding tert-OH is 1. The molecule has 1 N–H and O–H groups in total. The standard InChI is InChI=1S/C11H16O4S/c1-9-3-5-11(6-4-9)16(13,14)15-10(2)7-8-12/h3-6,10,12H,7-8H2,1-2H3. The number of rotatable bonds is 5. The molecule has 0 saturated carbocycles. The molecule has 1 aromatic rings. The Bertz CT molecular complexity index is 422. The molecule has 0 aliphatic heterocycles. The second-order valence-corrected chi connectivity index (χ2v) is 5.26. The number of benzene rings is 1. The van der Waals surface area contributed by atoms with Gasteiger partial charge in [-0.25, -0.2) is 0 Å². The molecule has 0 heterocycles. The average molecular weight is 244 g/mol. The highest BCUT2D eigenvalue weighted by atomic mass is 32.2. The van der Waals surface area contributed by atoms with Crippen LogP contribution in [0.1, 0.15) is 18.9 Å². The topological polar surface area (TPSA) is 63.6 Å². The third-order valence-electron chi connectivity index (χ3n) is 2.14. The molecule has 1 aromatic carbocycles. The zero-order valence-corrected chi connectivity index (χ0v) is 10.2. The molecule has 1 rings (SSSR count). The quantitative estimate of drug-likeness (QED) is 0.797. The summed E-state index contributed by atoms with van der Waals surface area (Å²) in [5, 5.41) is 8.67. The molecule has 0 spiro atoms. The lowest BCUT2D eigenvalue weighted by molar-refractivity contribution is 0.174. The van der Waals surface area contributed by atoms with Gasteiger partial charge >= 0.3 is 0 Å². The van der Waals surface area contributed by atoms with Gasteiger partial charge in [0.05, 0.1) is 11.0 Å². The Morgan fingerprint density at radius 2 is 1.88 bits per heavy atom. The Kier molecular flexibility index (Phi) is 4.46. The minimum absolute atomic E-state index is 0.0927. The van der Waals surface area contributed by atoms with Crippen molar-refractivity contribution in [3.05, 3.63) is 29.8 Å². The molecule has 0 fully saturated rings. The lowest BCUT2D eigenvalue weighted by Crippen LogP contribution is -2.16. The zero-order chi connectivity index (χ0) is 12.2. The van der Waals surface area contributed by atoms with Crippen molar-refractivity contribution in [3.63, 3.8) is 0 Å². The highest BCUT2D eigenvalue weighted by Crippen LogP contribution is 2.15. The van der Waals surface area contributed by atoms with Crippen molar-refractivity contribution in [1.82, 2.24) is 0 Å². The van der Waals surface area contributed by atoms with E-state index in [2.05, 4.69) is 0 Å². The summed E-state index contributed by atoms with van der Waals surface area (Å²) in [5.41, 5.74) is 0.988. The summed E-state index contributed by atoms with van der Waals surface area (Å²) in [5.74, 6) is 0. The van der Waals surface area contributed by atoms with E-state index in [9.17, 15) is 8.42 Å². The largest absolute Gasteiger partial charge is 0.396 e. The van der Waals surface area contributed by atoms with Crippen LogP contribution in [0.4, 0.5) is 0 Å². The fourth-order valence-electron chi connectivity index (χ4n) is 1.21. The van der Waals surface area contributed by atoms with E-state index >= 15 is 0 Å². The number of aliphatic hydroxyl groups is 1. The van der Waals surface area contributed by atoms with E-state index in [1.165, 1.54) is 12.1 Å². The summed E-state index contributed by atoms with van der Waals surface area (Å²) in [6.45, 7) is 3.40. The van der Waals surface area contributed by atoms with Crippen molar-refractivity contribution in [2.24, 2.45) is 0 Å². The number of hydrogen-bond acceptors (Lipinski definition) is 4. The molecule has 0 aliphatic carbocycles. The zero-order valence-electron chi connectivity index (χ0n) is 9.38. The summed E-state index contributed by atoms with van der Waals surface area (Å²) < 4.78 is 28.4. The fourth-order valence-corrected chi connectivity index (χ4v) is 2.32. The maximum Gasteiger partial charge on any atom is 0.297 e. The maximum atomic E-state index is 11.7. The molecule has 0 bridgehead atoms. The Labute approximate surface area is 96.0 Å². The van der Waals surface area contributed by atoms with Gasteiger partial charge in [0.15, 0.2) is 0 Å². The van der Waals surface area contributed by atoms with Crippen LogP contribution in [0.5, 0.6) is 0 Å². The van der Waals surface area contributed by atoms with Crippen LogP contribution in [-0.2, 0) is 14.3 Å². The van der Waals surface area contributed by atoms with E-state index in [0.29, 0.717) is 6.42 Å². The first-order chi connectivity index (χ1) is 7.45. The second-order valence-electron chi connectivity index (χ2n) is 3.69. The van der Waals surface area contributed by atoms with E-state index in [0.717, 1.165) is 5.56 Å². The van der Waals surface area contributed by atoms with Crippen molar-refractivity contribution in [1.29, 1.82) is 0 Å². The molecule has 0 aliphatic rings. The van der Waals surface area contributed by atoms with Gasteiger partial charge < -0.3 is 5.11 Å². The van der Waals surface area contributed by atoms with Crippen LogP contribution in [0.2, 0.25) is 0 Å². The lowest BCUT2D eigenvalue weighted by Gasteiger charge is -2.11. The SMILES string of the molecule is Cc1ccc(S(=O)(=O)OC(C)CCO)cc1. The van der Waals surface area contributed by atoms with Gasteiger partial charge in [0.1, 0.15) is 0 Å². The van der Waals surface area contributed by atoms with Gasteiger partial charge in [-0.15, -0.1) is 0 Å². The number of hydrogen-bond donors (Lipinski definition) is 1. The monoisotopic (exact) mass is 244 g/mol. The summed E-state index contributed by atoms with van der Waals surface area (Å²) in [7, 11) is -3.71. The van der Waals surface area contributed by atoms with Crippen LogP contribution in [-0.4, -0.2) is 26.2 Å². The van der Waals surface area contributed by atoms with Gasteiger partial charge in [-0.2, -0.15) is 8.42 Å². The first-order valence-electron chi connectivity index (χ1n) is 5.06. The molecular formula is C11H16O4S. The molecule has 0 radical (unpaired) electrons. The van der Waals surface area contributed by atoms with E-state index in [1.807, 2.05) is 6.92 Å². The average Bonchev–Trinajstić information content (AvgIpc) is 2.17. The Morgan fingerprint density at radius 3 is 2.38 bits per heavy atom. The van der Waals surface area contributed by atoms with Crippen LogP contribution >= 0.6 is 0 Å². The van der Waals surface area contributed by atoms with Gasteiger partial charge in [-0.1, -0.05) is 17.7 Å². The number of aryl methyl sites for hydroxylation is 1. The van der Waals surface area contributed by atoms with E-state index in [4.69, 9.17) is 9.29 Å². The first-order valence-corrected chi connectivity index (χ1v) is 6.47. The molecule has 1 unspecified atom stereocenters. The lowest BCUT2D eigenvalue weighted by atomic mass is 10.2. The summed E-state index contributed by atoms with van der Waals surface area (Å²) in [6, 6.07) is 6.45. The first kappa shape index (κ1) is 13.2. The van der Waals surface area contributed by atoms with Crippen molar-refractivity contribution in [2.45, 2.75) is 31.3 Å². The van der Waals surface area contributed by atoms with Crippen molar-refractivity contribution < 1.29 is 17.7 Å². The summed E-state index contributed by atoms with van der Waals surface area (Å²) in [6.07, 6.45) is -0.221. The van der Waals surface area contributed by atoms with Crippen molar-refractivity contribution >= 4 is 10.1 Å². The van der Waals surface area contributed by atoms with Gasteiger partial charge in [0.2, 0.25) is 0 Å². The summed E-state index contributed by atoms with van der Waals surface area (Å²) in [4.78, 5) is 0.142. The van der Waals surface area contributed by atoms with Crippen molar-refractivity contribution in [2.75, 3.05) is 6.61 Å². The fraction of sp³-hybridized carbons (Fsp3) is 0.455. The molecule has 1 atom stereocenters. The minimum Gasteiger partial charge on any atom is -0.396 e. The van der Waals surface area contributed by atoms with Crippen LogP contribution in [0.25, 0.3) is 0 Å². The Balaban J connectivity index is 2.82. The minimum atomic E-state index is -3.71. The van der Waals surface area contributed by atoms with Crippen molar-refractivity contribution in [3.8, 4) is 0 Å². The molecule has 90 valence electrons. The normalized spacial score (nSPS) is 13.7. The predicted molar refractivity (Wildman–Crippen MR) is 60.6 cm³/mol. The molecule has 0 amide bonds. The third-order valence-corrected chi connectivity index (χ3v) is 3.57. The van der Waals surface area contributed by atoms with E-state index < -0.39 is 16.2 Å². The smallest absolute Gasteiger partial charge is 0.297 e. The highest BCUT2D eigenvalue weighted by Gasteiger charge is 2.18. The van der Waals surface area contributed by atoms with Gasteiger partial charge in [0, 0.05) is 6.61 Å². The van der Waals surface area contributed by atoms with E-state index in [-0.39, 0.29) is 11.5 Å². The Hall–Kier alpha value is -0.910. The molecular weight excluding hydrogens is 228 g/mol. The molecule has 0 saturated heterocycles. The molecule has 16 heavy (non-hydrogen) atoms. The second kappa shape index (κ2) is 5.43. The highest BCUT2D eigenvalue weighted by molar-refractivity contribution is 7.86. The molecule has 4 nitrogen and oxygen atoms in total. The predicted octanol–water partition coefficient (Wildman–Crippen LogP) is 1.47. The summed E-state index contributed by atoms with van der Waals surface area (Å²) >= 11 is 0. The Morgan fingerprint density at radius 1 is 1.31 bits per heavy atom. The van der Waals surface area contributed by atoms with Crippen LogP contribution < -0.4 is 0 Å². The van der Waals surface area contributed by atoms with Gasteiger partial charge in [0.25, 0.3) is 10.1 Å². The van der Waals surface area contributed by atoms with E-state index in [1.54, 1.807) is 19.1 Å². The van der Waals surface area contributed by atoms with Crippen LogP contribution in [0, 0.1) is 6.92 Å².